The van der Waals surface area contributed by atoms with Gasteiger partial charge in [0.15, 0.2) is 0 Å². The SMILES string of the molecule is CCCC(CCNC(=O)N1CCCC(O)C1)CCC(=O)O. The summed E-state index contributed by atoms with van der Waals surface area (Å²) in [7, 11) is 0. The number of nitrogens with zero attached hydrogens (tertiary/aromatic N) is 1. The van der Waals surface area contributed by atoms with E-state index in [4.69, 9.17) is 5.11 Å². The zero-order chi connectivity index (χ0) is 15.7. The number of carboxylic acid groups (broad SMARTS) is 1. The van der Waals surface area contributed by atoms with Gasteiger partial charge in [0.25, 0.3) is 0 Å². The van der Waals surface area contributed by atoms with Gasteiger partial charge in [-0.05, 0) is 31.6 Å². The largest absolute Gasteiger partial charge is 0.481 e. The number of carboxylic acids is 1. The van der Waals surface area contributed by atoms with Gasteiger partial charge in [-0.15, -0.1) is 0 Å². The van der Waals surface area contributed by atoms with Crippen molar-refractivity contribution in [1.82, 2.24) is 10.2 Å². The van der Waals surface area contributed by atoms with Gasteiger partial charge in [-0.1, -0.05) is 19.8 Å². The van der Waals surface area contributed by atoms with Gasteiger partial charge in [0.2, 0.25) is 0 Å². The molecule has 1 aliphatic rings. The van der Waals surface area contributed by atoms with Crippen molar-refractivity contribution in [3.05, 3.63) is 0 Å². The molecule has 3 N–H and O–H groups in total. The smallest absolute Gasteiger partial charge is 0.317 e. The Morgan fingerprint density at radius 1 is 1.33 bits per heavy atom. The van der Waals surface area contributed by atoms with Crippen LogP contribution < -0.4 is 5.32 Å². The number of urea groups is 1. The lowest BCUT2D eigenvalue weighted by Gasteiger charge is -2.30. The molecule has 1 rings (SSSR count). The molecule has 0 bridgehead atoms. The van der Waals surface area contributed by atoms with Crippen molar-refractivity contribution in [3.8, 4) is 0 Å². The molecule has 1 heterocycles. The van der Waals surface area contributed by atoms with Gasteiger partial charge < -0.3 is 20.4 Å². The van der Waals surface area contributed by atoms with Gasteiger partial charge in [0.05, 0.1) is 6.10 Å². The number of aliphatic hydroxyl groups excluding tert-OH is 1. The second-order valence-corrected chi connectivity index (χ2v) is 5.85. The normalized spacial score (nSPS) is 20.1. The van der Waals surface area contributed by atoms with Gasteiger partial charge in [-0.3, -0.25) is 4.79 Å². The Hall–Kier alpha value is -1.30. The summed E-state index contributed by atoms with van der Waals surface area (Å²) in [4.78, 5) is 24.2. The van der Waals surface area contributed by atoms with Crippen molar-refractivity contribution in [2.24, 2.45) is 5.92 Å². The minimum Gasteiger partial charge on any atom is -0.481 e. The molecule has 0 aliphatic carbocycles. The second-order valence-electron chi connectivity index (χ2n) is 5.85. The third-order valence-corrected chi connectivity index (χ3v) is 3.98. The Labute approximate surface area is 126 Å². The summed E-state index contributed by atoms with van der Waals surface area (Å²) in [5.74, 6) is -0.416. The molecule has 0 spiro atoms. The van der Waals surface area contributed by atoms with Crippen molar-refractivity contribution in [3.63, 3.8) is 0 Å². The molecule has 1 saturated heterocycles. The Bertz CT molecular complexity index is 336. The van der Waals surface area contributed by atoms with Gasteiger partial charge >= 0.3 is 12.0 Å². The lowest BCUT2D eigenvalue weighted by Crippen LogP contribution is -2.47. The molecule has 122 valence electrons. The van der Waals surface area contributed by atoms with Crippen LogP contribution in [0.15, 0.2) is 0 Å². The Morgan fingerprint density at radius 3 is 2.71 bits per heavy atom. The number of carbonyl (C=O) groups excluding carboxylic acids is 1. The number of rotatable bonds is 8. The molecule has 0 aromatic heterocycles. The summed E-state index contributed by atoms with van der Waals surface area (Å²) >= 11 is 0. The molecule has 6 heteroatoms. The van der Waals surface area contributed by atoms with E-state index in [0.29, 0.717) is 32.0 Å². The van der Waals surface area contributed by atoms with Gasteiger partial charge in [-0.2, -0.15) is 0 Å². The third kappa shape index (κ3) is 7.32. The van der Waals surface area contributed by atoms with Crippen LogP contribution in [0.25, 0.3) is 0 Å². The first kappa shape index (κ1) is 17.8. The third-order valence-electron chi connectivity index (χ3n) is 3.98. The molecule has 0 aromatic carbocycles. The van der Waals surface area contributed by atoms with E-state index < -0.39 is 12.1 Å². The first-order valence-electron chi connectivity index (χ1n) is 7.95. The van der Waals surface area contributed by atoms with Crippen LogP contribution in [-0.4, -0.2) is 52.9 Å². The van der Waals surface area contributed by atoms with Crippen LogP contribution >= 0.6 is 0 Å². The standard InChI is InChI=1S/C15H28N2O4/c1-2-4-12(6-7-14(19)20)8-9-16-15(21)17-10-3-5-13(18)11-17/h12-13,18H,2-11H2,1H3,(H,16,21)(H,19,20). The molecule has 2 atom stereocenters. The zero-order valence-corrected chi connectivity index (χ0v) is 12.9. The lowest BCUT2D eigenvalue weighted by atomic mass is 9.94. The topological polar surface area (TPSA) is 89.9 Å². The van der Waals surface area contributed by atoms with E-state index in [-0.39, 0.29) is 12.5 Å². The number of piperidine rings is 1. The number of aliphatic carboxylic acids is 1. The van der Waals surface area contributed by atoms with Crippen molar-refractivity contribution in [1.29, 1.82) is 0 Å². The number of aliphatic hydroxyl groups is 1. The molecule has 0 radical (unpaired) electrons. The number of likely N-dealkylation sites (tertiary alicyclic amines) is 1. The van der Waals surface area contributed by atoms with Crippen LogP contribution in [0.1, 0.15) is 51.9 Å². The molecular weight excluding hydrogens is 272 g/mol. The molecule has 0 saturated carbocycles. The van der Waals surface area contributed by atoms with Crippen molar-refractivity contribution in [2.45, 2.75) is 58.0 Å². The number of hydrogen-bond acceptors (Lipinski definition) is 3. The summed E-state index contributed by atoms with van der Waals surface area (Å²) in [6.45, 7) is 3.75. The molecule has 2 unspecified atom stereocenters. The molecule has 1 aliphatic heterocycles. The molecule has 0 aromatic rings. The number of nitrogens with one attached hydrogen (secondary N) is 1. The molecular formula is C15H28N2O4. The van der Waals surface area contributed by atoms with Crippen LogP contribution in [-0.2, 0) is 4.79 Å². The van der Waals surface area contributed by atoms with Crippen molar-refractivity contribution < 1.29 is 19.8 Å². The van der Waals surface area contributed by atoms with Gasteiger partial charge in [-0.25, -0.2) is 4.79 Å². The predicted molar refractivity (Wildman–Crippen MR) is 80.1 cm³/mol. The minimum atomic E-state index is -0.762. The number of amides is 2. The van der Waals surface area contributed by atoms with Crippen LogP contribution in [0.3, 0.4) is 0 Å². The number of carbonyl (C=O) groups is 2. The molecule has 2 amide bonds. The van der Waals surface area contributed by atoms with Crippen LogP contribution in [0, 0.1) is 5.92 Å². The fourth-order valence-electron chi connectivity index (χ4n) is 2.80. The maximum absolute atomic E-state index is 12.0. The van der Waals surface area contributed by atoms with Crippen molar-refractivity contribution in [2.75, 3.05) is 19.6 Å². The molecule has 21 heavy (non-hydrogen) atoms. The van der Waals surface area contributed by atoms with Crippen LogP contribution in [0.4, 0.5) is 4.79 Å². The fraction of sp³-hybridized carbons (Fsp3) is 0.867. The first-order valence-corrected chi connectivity index (χ1v) is 7.95. The fourth-order valence-corrected chi connectivity index (χ4v) is 2.80. The average Bonchev–Trinajstić information content (AvgIpc) is 2.44. The summed E-state index contributed by atoms with van der Waals surface area (Å²) in [5.41, 5.74) is 0. The summed E-state index contributed by atoms with van der Waals surface area (Å²) in [5, 5.41) is 21.2. The maximum atomic E-state index is 12.0. The van der Waals surface area contributed by atoms with E-state index >= 15 is 0 Å². The van der Waals surface area contributed by atoms with Gasteiger partial charge in [0, 0.05) is 26.1 Å². The molecule has 6 nitrogen and oxygen atoms in total. The predicted octanol–water partition coefficient (Wildman–Crippen LogP) is 1.82. The highest BCUT2D eigenvalue weighted by Crippen LogP contribution is 2.17. The second kappa shape index (κ2) is 9.60. The van der Waals surface area contributed by atoms with E-state index in [9.17, 15) is 14.7 Å². The minimum absolute atomic E-state index is 0.123. The average molecular weight is 300 g/mol. The summed E-state index contributed by atoms with van der Waals surface area (Å²) < 4.78 is 0. The summed E-state index contributed by atoms with van der Waals surface area (Å²) in [6, 6.07) is -0.123. The first-order chi connectivity index (χ1) is 10.0. The van der Waals surface area contributed by atoms with Crippen LogP contribution in [0.5, 0.6) is 0 Å². The Morgan fingerprint density at radius 2 is 2.10 bits per heavy atom. The Balaban J connectivity index is 2.25. The van der Waals surface area contributed by atoms with E-state index in [1.165, 1.54) is 0 Å². The zero-order valence-electron chi connectivity index (χ0n) is 12.9. The summed E-state index contributed by atoms with van der Waals surface area (Å²) in [6.07, 6.45) is 4.88. The number of β-amino-alcohol motifs (C(OH)–C–C–N with tert-alkyl or cyclic N) is 1. The highest BCUT2D eigenvalue weighted by atomic mass is 16.4. The van der Waals surface area contributed by atoms with Crippen LogP contribution in [0.2, 0.25) is 0 Å². The lowest BCUT2D eigenvalue weighted by molar-refractivity contribution is -0.137. The van der Waals surface area contributed by atoms with E-state index in [1.54, 1.807) is 4.90 Å². The van der Waals surface area contributed by atoms with E-state index in [1.807, 2.05) is 0 Å². The maximum Gasteiger partial charge on any atom is 0.317 e. The van der Waals surface area contributed by atoms with E-state index in [2.05, 4.69) is 12.2 Å². The quantitative estimate of drug-likeness (QED) is 0.638. The van der Waals surface area contributed by atoms with Gasteiger partial charge in [0.1, 0.15) is 0 Å². The monoisotopic (exact) mass is 300 g/mol. The van der Waals surface area contributed by atoms with Crippen molar-refractivity contribution >= 4 is 12.0 Å². The highest BCUT2D eigenvalue weighted by molar-refractivity contribution is 5.74. The Kier molecular flexibility index (Phi) is 8.12. The molecule has 1 fully saturated rings. The number of hydrogen-bond donors (Lipinski definition) is 3. The highest BCUT2D eigenvalue weighted by Gasteiger charge is 2.21. The van der Waals surface area contributed by atoms with E-state index in [0.717, 1.165) is 32.1 Å².